The molecule has 3 unspecified atom stereocenters. The predicted molar refractivity (Wildman–Crippen MR) is 65.7 cm³/mol. The molecule has 8 heteroatoms. The number of ether oxygens (including phenoxy) is 2. The van der Waals surface area contributed by atoms with Crippen LogP contribution in [0.5, 0.6) is 0 Å². The molecule has 1 aliphatic heterocycles. The van der Waals surface area contributed by atoms with E-state index >= 15 is 0 Å². The highest BCUT2D eigenvalue weighted by Crippen LogP contribution is 2.39. The Morgan fingerprint density at radius 3 is 2.20 bits per heavy atom. The van der Waals surface area contributed by atoms with Crippen molar-refractivity contribution in [1.29, 1.82) is 0 Å². The minimum Gasteiger partial charge on any atom is -0.380 e. The van der Waals surface area contributed by atoms with Crippen molar-refractivity contribution in [3.05, 3.63) is 0 Å². The van der Waals surface area contributed by atoms with Gasteiger partial charge in [0.1, 0.15) is 0 Å². The fourth-order valence-corrected chi connectivity index (χ4v) is 2.48. The summed E-state index contributed by atoms with van der Waals surface area (Å²) < 4.78 is 65.4. The van der Waals surface area contributed by atoms with Crippen molar-refractivity contribution in [1.82, 2.24) is 9.80 Å². The lowest BCUT2D eigenvalue weighted by atomic mass is 10.1. The van der Waals surface area contributed by atoms with Crippen molar-refractivity contribution in [2.75, 3.05) is 34.0 Å². The van der Waals surface area contributed by atoms with Crippen LogP contribution in [-0.2, 0) is 9.47 Å². The number of methoxy groups -OCH3 is 2. The maximum atomic E-state index is 14.3. The van der Waals surface area contributed by atoms with Crippen molar-refractivity contribution in [3.63, 3.8) is 0 Å². The average Bonchev–Trinajstić information content (AvgIpc) is 2.61. The van der Waals surface area contributed by atoms with Gasteiger partial charge in [0, 0.05) is 26.8 Å². The third kappa shape index (κ3) is 3.60. The quantitative estimate of drug-likeness (QED) is 0.507. The van der Waals surface area contributed by atoms with Gasteiger partial charge in [0.15, 0.2) is 12.6 Å². The molecule has 120 valence electrons. The highest BCUT2D eigenvalue weighted by Gasteiger charge is 2.58. The van der Waals surface area contributed by atoms with E-state index in [9.17, 15) is 17.6 Å². The van der Waals surface area contributed by atoms with Crippen LogP contribution in [0.3, 0.4) is 0 Å². The lowest BCUT2D eigenvalue weighted by Gasteiger charge is -2.33. The van der Waals surface area contributed by atoms with E-state index in [0.717, 1.165) is 0 Å². The summed E-state index contributed by atoms with van der Waals surface area (Å²) in [5.74, 6) is 0. The van der Waals surface area contributed by atoms with Crippen LogP contribution in [0.2, 0.25) is 0 Å². The molecule has 0 spiro atoms. The highest BCUT2D eigenvalue weighted by molar-refractivity contribution is 4.92. The third-order valence-electron chi connectivity index (χ3n) is 3.33. The van der Waals surface area contributed by atoms with Gasteiger partial charge in [0.25, 0.3) is 0 Å². The molecule has 4 nitrogen and oxygen atoms in total. The zero-order valence-corrected chi connectivity index (χ0v) is 12.0. The average molecular weight is 302 g/mol. The van der Waals surface area contributed by atoms with Crippen LogP contribution in [0.25, 0.3) is 0 Å². The summed E-state index contributed by atoms with van der Waals surface area (Å²) in [4.78, 5) is 0.751. The second kappa shape index (κ2) is 7.53. The van der Waals surface area contributed by atoms with Crippen LogP contribution < -0.4 is 0 Å². The third-order valence-corrected chi connectivity index (χ3v) is 3.33. The van der Waals surface area contributed by atoms with E-state index in [2.05, 4.69) is 9.47 Å². The smallest absolute Gasteiger partial charge is 0.374 e. The normalized spacial score (nSPS) is 26.9. The summed E-state index contributed by atoms with van der Waals surface area (Å²) in [6.07, 6.45) is -6.70. The van der Waals surface area contributed by atoms with Gasteiger partial charge in [0.05, 0.1) is 13.2 Å². The van der Waals surface area contributed by atoms with Crippen molar-refractivity contribution in [2.45, 2.75) is 44.6 Å². The van der Waals surface area contributed by atoms with Gasteiger partial charge in [0.2, 0.25) is 0 Å². The minimum atomic E-state index is -3.70. The van der Waals surface area contributed by atoms with E-state index in [1.54, 1.807) is 0 Å². The number of hydrogen-bond donors (Lipinski definition) is 0. The monoisotopic (exact) mass is 302 g/mol. The SMILES string of the molecule is CCCC1CN(C(F)COC)C(F)(F)N1C(F)COC. The van der Waals surface area contributed by atoms with Crippen LogP contribution in [0.15, 0.2) is 0 Å². The van der Waals surface area contributed by atoms with Crippen molar-refractivity contribution in [3.8, 4) is 0 Å². The van der Waals surface area contributed by atoms with Gasteiger partial charge >= 0.3 is 6.17 Å². The van der Waals surface area contributed by atoms with E-state index in [1.165, 1.54) is 14.2 Å². The molecule has 1 aliphatic rings. The molecule has 0 aromatic carbocycles. The maximum absolute atomic E-state index is 14.3. The minimum absolute atomic E-state index is 0.241. The van der Waals surface area contributed by atoms with Gasteiger partial charge in [-0.05, 0) is 6.42 Å². The standard InChI is InChI=1S/C12H22F4N2O2/c1-4-5-9-6-17(10(13)7-19-2)12(15,16)18(9)11(14)8-20-3/h9-11H,4-8H2,1-3H3. The first-order chi connectivity index (χ1) is 9.39. The molecule has 0 saturated carbocycles. The fourth-order valence-electron chi connectivity index (χ4n) is 2.48. The second-order valence-corrected chi connectivity index (χ2v) is 4.79. The Morgan fingerprint density at radius 1 is 1.15 bits per heavy atom. The van der Waals surface area contributed by atoms with E-state index in [-0.39, 0.29) is 6.54 Å². The van der Waals surface area contributed by atoms with E-state index < -0.39 is 38.0 Å². The molecular formula is C12H22F4N2O2. The molecule has 0 aromatic rings. The largest absolute Gasteiger partial charge is 0.380 e. The molecule has 3 atom stereocenters. The summed E-state index contributed by atoms with van der Waals surface area (Å²) >= 11 is 0. The Morgan fingerprint density at radius 2 is 1.70 bits per heavy atom. The summed E-state index contributed by atoms with van der Waals surface area (Å²) in [5.41, 5.74) is 0. The first-order valence-corrected chi connectivity index (χ1v) is 6.59. The van der Waals surface area contributed by atoms with E-state index in [0.29, 0.717) is 22.6 Å². The van der Waals surface area contributed by atoms with Crippen LogP contribution >= 0.6 is 0 Å². The summed E-state index contributed by atoms with van der Waals surface area (Å²) in [5, 5.41) is 0. The van der Waals surface area contributed by atoms with Crippen molar-refractivity contribution in [2.24, 2.45) is 0 Å². The lowest BCUT2D eigenvalue weighted by Crippen LogP contribution is -2.54. The molecule has 0 aliphatic carbocycles. The zero-order valence-electron chi connectivity index (χ0n) is 12.0. The Labute approximate surface area is 116 Å². The van der Waals surface area contributed by atoms with Crippen LogP contribution in [0, 0.1) is 0 Å². The van der Waals surface area contributed by atoms with Crippen LogP contribution in [0.1, 0.15) is 19.8 Å². The molecule has 1 heterocycles. The Hall–Kier alpha value is -0.440. The Balaban J connectivity index is 2.92. The molecule has 0 radical (unpaired) electrons. The molecule has 0 amide bonds. The van der Waals surface area contributed by atoms with Gasteiger partial charge in [-0.15, -0.1) is 0 Å². The molecule has 0 aromatic heterocycles. The van der Waals surface area contributed by atoms with Crippen LogP contribution in [0.4, 0.5) is 17.6 Å². The van der Waals surface area contributed by atoms with E-state index in [1.807, 2.05) is 6.92 Å². The number of rotatable bonds is 8. The number of halogens is 4. The molecule has 1 saturated heterocycles. The van der Waals surface area contributed by atoms with Crippen LogP contribution in [-0.4, -0.2) is 68.6 Å². The zero-order chi connectivity index (χ0) is 15.3. The topological polar surface area (TPSA) is 24.9 Å². The number of alkyl halides is 4. The maximum Gasteiger partial charge on any atom is 0.374 e. The predicted octanol–water partition coefficient (Wildman–Crippen LogP) is 2.21. The van der Waals surface area contributed by atoms with Gasteiger partial charge in [-0.3, -0.25) is 0 Å². The van der Waals surface area contributed by atoms with Gasteiger partial charge < -0.3 is 9.47 Å². The Kier molecular flexibility index (Phi) is 6.63. The molecule has 20 heavy (non-hydrogen) atoms. The number of hydrogen-bond acceptors (Lipinski definition) is 4. The van der Waals surface area contributed by atoms with Crippen molar-refractivity contribution < 1.29 is 27.0 Å². The lowest BCUT2D eigenvalue weighted by molar-refractivity contribution is -0.270. The van der Waals surface area contributed by atoms with E-state index in [4.69, 9.17) is 0 Å². The summed E-state index contributed by atoms with van der Waals surface area (Å²) in [6.45, 7) is 0.606. The summed E-state index contributed by atoms with van der Waals surface area (Å²) in [6, 6.07) is -0.754. The second-order valence-electron chi connectivity index (χ2n) is 4.79. The number of nitrogens with zero attached hydrogens (tertiary/aromatic N) is 2. The highest BCUT2D eigenvalue weighted by atomic mass is 19.3. The van der Waals surface area contributed by atoms with Gasteiger partial charge in [-0.25, -0.2) is 8.78 Å². The molecule has 0 bridgehead atoms. The Bertz CT molecular complexity index is 297. The molecular weight excluding hydrogens is 280 g/mol. The van der Waals surface area contributed by atoms with Gasteiger partial charge in [-0.2, -0.15) is 18.6 Å². The van der Waals surface area contributed by atoms with Gasteiger partial charge in [-0.1, -0.05) is 13.3 Å². The molecule has 1 fully saturated rings. The van der Waals surface area contributed by atoms with Crippen molar-refractivity contribution >= 4 is 0 Å². The fraction of sp³-hybridized carbons (Fsp3) is 1.00. The summed E-state index contributed by atoms with van der Waals surface area (Å²) in [7, 11) is 2.46. The molecule has 0 N–H and O–H groups in total. The molecule has 1 rings (SSSR count). The first kappa shape index (κ1) is 17.6. The first-order valence-electron chi connectivity index (χ1n) is 6.59.